The third-order valence-electron chi connectivity index (χ3n) is 3.90. The lowest BCUT2D eigenvalue weighted by molar-refractivity contribution is 0.578. The number of hydrogen-bond donors (Lipinski definition) is 3. The predicted octanol–water partition coefficient (Wildman–Crippen LogP) is 4.62. The maximum atomic E-state index is 5.85. The van der Waals surface area contributed by atoms with Crippen LogP contribution in [0.3, 0.4) is 0 Å². The molecule has 0 heterocycles. The van der Waals surface area contributed by atoms with Crippen molar-refractivity contribution in [2.45, 2.75) is 64.8 Å². The maximum Gasteiger partial charge on any atom is 0.195 e. The van der Waals surface area contributed by atoms with Gasteiger partial charge in [0.2, 0.25) is 0 Å². The van der Waals surface area contributed by atoms with E-state index in [9.17, 15) is 0 Å². The fourth-order valence-electron chi connectivity index (χ4n) is 2.42. The first kappa shape index (κ1) is 24.5. The standard InChI is InChI=1S/C19H32ClN5.ClH/c1-2-3-4-5-6-7-8-9-14-23-18(21)25-19(22)24-15-16-10-12-17(20)13-11-16;/h10-13H,2-9,14-15H2,1H3,(H5,21,22,23,24,25);1H. The van der Waals surface area contributed by atoms with Gasteiger partial charge in [0.25, 0.3) is 0 Å². The number of hydrogen-bond acceptors (Lipinski definition) is 2. The SMILES string of the molecule is CCCCCCCCCCN=C(N)NC(N)=NCc1ccc(Cl)cc1.Cl. The fourth-order valence-corrected chi connectivity index (χ4v) is 2.55. The highest BCUT2D eigenvalue weighted by atomic mass is 35.5. The Bertz CT molecular complexity index is 529. The lowest BCUT2D eigenvalue weighted by Gasteiger charge is -2.05. The van der Waals surface area contributed by atoms with Crippen LogP contribution >= 0.6 is 24.0 Å². The van der Waals surface area contributed by atoms with Crippen LogP contribution in [0.1, 0.15) is 63.9 Å². The average molecular weight is 402 g/mol. The number of nitrogens with one attached hydrogen (secondary N) is 1. The third kappa shape index (κ3) is 12.8. The Hall–Kier alpha value is -1.46. The van der Waals surface area contributed by atoms with E-state index in [1.807, 2.05) is 24.3 Å². The Labute approximate surface area is 169 Å². The molecule has 0 saturated carbocycles. The van der Waals surface area contributed by atoms with Crippen LogP contribution < -0.4 is 16.8 Å². The number of halogens is 2. The lowest BCUT2D eigenvalue weighted by atomic mass is 10.1. The van der Waals surface area contributed by atoms with Crippen molar-refractivity contribution in [2.24, 2.45) is 21.5 Å². The Morgan fingerprint density at radius 3 is 2.04 bits per heavy atom. The molecular weight excluding hydrogens is 369 g/mol. The molecule has 0 spiro atoms. The Morgan fingerprint density at radius 2 is 1.42 bits per heavy atom. The smallest absolute Gasteiger partial charge is 0.195 e. The van der Waals surface area contributed by atoms with Gasteiger partial charge < -0.3 is 11.5 Å². The minimum absolute atomic E-state index is 0. The largest absolute Gasteiger partial charge is 0.370 e. The molecule has 0 fully saturated rings. The topological polar surface area (TPSA) is 88.8 Å². The van der Waals surface area contributed by atoms with Gasteiger partial charge in [-0.15, -0.1) is 12.4 Å². The van der Waals surface area contributed by atoms with Gasteiger partial charge in [-0.3, -0.25) is 10.3 Å². The van der Waals surface area contributed by atoms with Gasteiger partial charge in [-0.25, -0.2) is 4.99 Å². The van der Waals surface area contributed by atoms with Gasteiger partial charge in [-0.05, 0) is 24.1 Å². The average Bonchev–Trinajstić information content (AvgIpc) is 2.60. The summed E-state index contributed by atoms with van der Waals surface area (Å²) in [6, 6.07) is 7.49. The van der Waals surface area contributed by atoms with Gasteiger partial charge in [0.05, 0.1) is 6.54 Å². The summed E-state index contributed by atoms with van der Waals surface area (Å²) in [5.74, 6) is 0.590. The zero-order valence-corrected chi connectivity index (χ0v) is 17.3. The van der Waals surface area contributed by atoms with E-state index >= 15 is 0 Å². The Balaban J connectivity index is 0.00000625. The van der Waals surface area contributed by atoms with Crippen molar-refractivity contribution in [3.8, 4) is 0 Å². The van der Waals surface area contributed by atoms with E-state index in [1.165, 1.54) is 44.9 Å². The normalized spacial score (nSPS) is 11.9. The first-order valence-corrected chi connectivity index (χ1v) is 9.61. The molecule has 0 saturated heterocycles. The number of aliphatic imine (C=N–C) groups is 2. The molecular formula is C19H33Cl2N5. The number of nitrogens with two attached hydrogens (primary N) is 2. The molecule has 0 aliphatic carbocycles. The van der Waals surface area contributed by atoms with Crippen molar-refractivity contribution in [1.29, 1.82) is 0 Å². The van der Waals surface area contributed by atoms with Crippen molar-refractivity contribution >= 4 is 35.9 Å². The van der Waals surface area contributed by atoms with Gasteiger partial charge in [0.1, 0.15) is 0 Å². The summed E-state index contributed by atoms with van der Waals surface area (Å²) in [6.07, 6.45) is 10.2. The number of rotatable bonds is 11. The summed E-state index contributed by atoms with van der Waals surface area (Å²) >= 11 is 5.85. The van der Waals surface area contributed by atoms with Crippen LogP contribution in [0.2, 0.25) is 5.02 Å². The maximum absolute atomic E-state index is 5.85. The van der Waals surface area contributed by atoms with Crippen LogP contribution in [-0.2, 0) is 6.54 Å². The molecule has 7 heteroatoms. The highest BCUT2D eigenvalue weighted by molar-refractivity contribution is 6.30. The molecule has 1 aromatic carbocycles. The van der Waals surface area contributed by atoms with Crippen LogP contribution in [0.15, 0.2) is 34.3 Å². The van der Waals surface area contributed by atoms with E-state index in [-0.39, 0.29) is 18.4 Å². The van der Waals surface area contributed by atoms with Crippen molar-refractivity contribution in [2.75, 3.05) is 6.54 Å². The molecule has 1 rings (SSSR count). The van der Waals surface area contributed by atoms with Gasteiger partial charge in [0, 0.05) is 11.6 Å². The van der Waals surface area contributed by atoms with E-state index < -0.39 is 0 Å². The molecule has 1 aromatic rings. The van der Waals surface area contributed by atoms with E-state index in [1.54, 1.807) is 0 Å². The predicted molar refractivity (Wildman–Crippen MR) is 116 cm³/mol. The van der Waals surface area contributed by atoms with Crippen LogP contribution in [-0.4, -0.2) is 18.5 Å². The monoisotopic (exact) mass is 401 g/mol. The molecule has 26 heavy (non-hydrogen) atoms. The molecule has 0 unspecified atom stereocenters. The molecule has 5 N–H and O–H groups in total. The second kappa shape index (κ2) is 15.8. The van der Waals surface area contributed by atoms with Crippen LogP contribution in [0.25, 0.3) is 0 Å². The molecule has 0 amide bonds. The summed E-state index contributed by atoms with van der Waals surface area (Å²) in [4.78, 5) is 8.52. The van der Waals surface area contributed by atoms with Gasteiger partial charge >= 0.3 is 0 Å². The van der Waals surface area contributed by atoms with Gasteiger partial charge in [0.15, 0.2) is 11.9 Å². The molecule has 148 valence electrons. The quantitative estimate of drug-likeness (QED) is 0.287. The van der Waals surface area contributed by atoms with Crippen molar-refractivity contribution in [3.63, 3.8) is 0 Å². The third-order valence-corrected chi connectivity index (χ3v) is 4.15. The van der Waals surface area contributed by atoms with Crippen molar-refractivity contribution < 1.29 is 0 Å². The Morgan fingerprint density at radius 1 is 0.885 bits per heavy atom. The fraction of sp³-hybridized carbons (Fsp3) is 0.579. The van der Waals surface area contributed by atoms with Crippen LogP contribution in [0.5, 0.6) is 0 Å². The summed E-state index contributed by atoms with van der Waals surface area (Å²) in [5.41, 5.74) is 12.7. The van der Waals surface area contributed by atoms with E-state index in [0.29, 0.717) is 17.5 Å². The van der Waals surface area contributed by atoms with Gasteiger partial charge in [-0.1, -0.05) is 75.6 Å². The second-order valence-corrected chi connectivity index (χ2v) is 6.63. The molecule has 0 aliphatic heterocycles. The summed E-state index contributed by atoms with van der Waals surface area (Å²) < 4.78 is 0. The lowest BCUT2D eigenvalue weighted by Crippen LogP contribution is -2.41. The minimum atomic E-state index is 0. The molecule has 5 nitrogen and oxygen atoms in total. The highest BCUT2D eigenvalue weighted by Crippen LogP contribution is 2.10. The summed E-state index contributed by atoms with van der Waals surface area (Å²) in [5, 5.41) is 3.52. The molecule has 0 atom stereocenters. The van der Waals surface area contributed by atoms with E-state index in [0.717, 1.165) is 18.5 Å². The van der Waals surface area contributed by atoms with Crippen molar-refractivity contribution in [3.05, 3.63) is 34.9 Å². The molecule has 0 radical (unpaired) electrons. The molecule has 0 bridgehead atoms. The van der Waals surface area contributed by atoms with Crippen LogP contribution in [0, 0.1) is 0 Å². The number of benzene rings is 1. The number of guanidine groups is 2. The minimum Gasteiger partial charge on any atom is -0.370 e. The zero-order chi connectivity index (χ0) is 18.3. The van der Waals surface area contributed by atoms with E-state index in [2.05, 4.69) is 22.2 Å². The second-order valence-electron chi connectivity index (χ2n) is 6.19. The molecule has 0 aliphatic rings. The molecule has 0 aromatic heterocycles. The zero-order valence-electron chi connectivity index (χ0n) is 15.7. The Kier molecular flexibility index (Phi) is 14.9. The first-order valence-electron chi connectivity index (χ1n) is 9.23. The summed E-state index contributed by atoms with van der Waals surface area (Å²) in [7, 11) is 0. The van der Waals surface area contributed by atoms with Crippen LogP contribution in [0.4, 0.5) is 0 Å². The van der Waals surface area contributed by atoms with E-state index in [4.69, 9.17) is 23.1 Å². The van der Waals surface area contributed by atoms with Crippen molar-refractivity contribution in [1.82, 2.24) is 5.32 Å². The summed E-state index contributed by atoms with van der Waals surface area (Å²) in [6.45, 7) is 3.44. The number of nitrogens with zero attached hydrogens (tertiary/aromatic N) is 2. The number of unbranched alkanes of at least 4 members (excludes halogenated alkanes) is 7. The highest BCUT2D eigenvalue weighted by Gasteiger charge is 1.97. The van der Waals surface area contributed by atoms with Gasteiger partial charge in [-0.2, -0.15) is 0 Å². The first-order chi connectivity index (χ1) is 12.1.